The molecule has 0 atom stereocenters. The second kappa shape index (κ2) is 215000. The van der Waals surface area contributed by atoms with Crippen LogP contribution in [0.1, 0.15) is 163 Å². The normalized spacial score (nSPS) is 1.87. The predicted octanol–water partition coefficient (Wildman–Crippen LogP) is 15.3. The lowest BCUT2D eigenvalue weighted by molar-refractivity contribution is 2.13. The summed E-state index contributed by atoms with van der Waals surface area (Å²) in [5, 5.41) is 0. The van der Waals surface area contributed by atoms with Gasteiger partial charge in [-0.05, 0) is 0 Å². The van der Waals surface area contributed by atoms with Gasteiger partial charge in [0, 0.05) is 0 Å². The lowest BCUT2D eigenvalue weighted by Crippen LogP contribution is -0.482. The van der Waals surface area contributed by atoms with Crippen LogP contribution in [0.3, 0.4) is 0 Å². The van der Waals surface area contributed by atoms with Gasteiger partial charge >= 0.3 is 0 Å². The van der Waals surface area contributed by atoms with Gasteiger partial charge < -0.3 is 49.1 Å². The van der Waals surface area contributed by atoms with E-state index in [0.29, 0.717) is 0 Å². The van der Waals surface area contributed by atoms with E-state index >= 15 is 0 Å². The molecule has 0 aromatic rings. The first-order chi connectivity index (χ1) is 8.00. The number of hydrogen-bond donors (Lipinski definition) is 8. The molecule has 0 unspecified atom stereocenters. The van der Waals surface area contributed by atoms with Crippen molar-refractivity contribution in [1.82, 2.24) is 49.1 Å². The minimum absolute atomic E-state index is 0. The molecular weight excluding hydrogens is 376 g/mol. The minimum Gasteiger partial charge on any atom is -0.344 e. The third-order valence-corrected chi connectivity index (χ3v) is 0. The molecule has 0 saturated carbocycles. The first kappa shape index (κ1) is 414. The molecule has 0 heterocycles. The van der Waals surface area contributed by atoms with Gasteiger partial charge in [-0.1, -0.05) is 163 Å². The quantitative estimate of drug-likeness (QED) is 0.159. The Morgan fingerprint density at radius 2 is 0.133 bits per heavy atom. The van der Waals surface area contributed by atoms with Crippen molar-refractivity contribution in [1.29, 1.82) is 0 Å². The number of hydrogen-bond acceptors (Lipinski definition) is 8. The van der Waals surface area contributed by atoms with E-state index in [9.17, 15) is 0 Å². The summed E-state index contributed by atoms with van der Waals surface area (Å²) in [4.78, 5) is 0. The second-order valence-electron chi connectivity index (χ2n) is 0. The zero-order valence-corrected chi connectivity index (χ0v) is 4.62. The maximum absolute atomic E-state index is 5.25. The third kappa shape index (κ3) is 192000. The van der Waals surface area contributed by atoms with E-state index in [1.165, 1.54) is 0 Å². The highest BCUT2D eigenvalue weighted by molar-refractivity contribution is 2.52. The monoisotopic (exact) mass is 497 g/mol. The molecule has 0 amide bonds. The van der Waals surface area contributed by atoms with Gasteiger partial charge in [-0.3, -0.25) is 0 Å². The Hall–Kier alpha value is -0.320. The molecule has 0 aliphatic rings. The summed E-state index contributed by atoms with van der Waals surface area (Å²) < 4.78 is 42.0. The van der Waals surface area contributed by atoms with Crippen molar-refractivity contribution in [2.75, 3.05) is 0 Å². The summed E-state index contributed by atoms with van der Waals surface area (Å²) in [6.07, 6.45) is 30.0. The van der Waals surface area contributed by atoms with Gasteiger partial charge in [0.15, 0.2) is 0 Å². The molecule has 0 aliphatic heterocycles. The Labute approximate surface area is 224 Å². The van der Waals surface area contributed by atoms with E-state index < -0.39 is 0 Å². The molecule has 0 aromatic heterocycles. The van der Waals surface area contributed by atoms with Crippen molar-refractivity contribution in [3.8, 4) is 0 Å². The van der Waals surface area contributed by atoms with E-state index in [4.69, 9.17) is 11.3 Å². The standard InChI is InChI=1S/22CH4.8H3N/h22*1H4;8*1H3/i/hD8. The molecule has 8 heteroatoms. The van der Waals surface area contributed by atoms with Crippen LogP contribution in [-0.2, 0) is 0 Å². The van der Waals surface area contributed by atoms with Gasteiger partial charge in [0.25, 0.3) is 0 Å². The van der Waals surface area contributed by atoms with E-state index in [0.717, 1.165) is 0 Å². The summed E-state index contributed by atoms with van der Waals surface area (Å²) in [7, 11) is 0. The van der Waals surface area contributed by atoms with Crippen LogP contribution in [0, 0.1) is 0 Å². The van der Waals surface area contributed by atoms with Crippen LogP contribution in [-0.4, -0.2) is 0 Å². The lowest BCUT2D eigenvalue weighted by atomic mass is 12.0. The van der Waals surface area contributed by atoms with Gasteiger partial charge in [-0.25, -0.2) is 0 Å². The molecule has 0 bridgehead atoms. The topological polar surface area (TPSA) is 280 Å². The molecule has 0 rings (SSSR count). The minimum atomic E-state index is 0. The first-order valence-corrected chi connectivity index (χ1v) is 0. The van der Waals surface area contributed by atoms with E-state index in [1.807, 2.05) is 0 Å². The van der Waals surface area contributed by atoms with Gasteiger partial charge in [0.2, 0.25) is 0 Å². The number of rotatable bonds is 0. The summed E-state index contributed by atoms with van der Waals surface area (Å²) in [5.74, 6) is 0. The summed E-state index contributed by atoms with van der Waals surface area (Å²) in [6, 6.07) is 0. The molecule has 0 spiro atoms. The highest BCUT2D eigenvalue weighted by Gasteiger charge is -0.0559. The molecule has 0 fully saturated rings. The Morgan fingerprint density at radius 3 is 0.133 bits per heavy atom. The smallest absolute Gasteiger partial charge is 0.115 e. The van der Waals surface area contributed by atoms with Crippen molar-refractivity contribution in [2.24, 2.45) is 0 Å². The molecule has 30 heavy (non-hydrogen) atoms. The van der Waals surface area contributed by atoms with Crippen molar-refractivity contribution >= 4 is 0 Å². The highest BCUT2D eigenvalue weighted by atomic mass is 14.0. The lowest BCUT2D eigenvalue weighted by Gasteiger charge is -0.345. The zero-order valence-electron chi connectivity index (χ0n) is 12.6. The van der Waals surface area contributed by atoms with E-state index in [-0.39, 0.29) is 163 Å². The van der Waals surface area contributed by atoms with Crippen LogP contribution in [0.2, 0.25) is 11.3 Å². The summed E-state index contributed by atoms with van der Waals surface area (Å²) in [5.41, 5.74) is 0. The highest BCUT2D eigenvalue weighted by Crippen LogP contribution is 0.165. The predicted molar refractivity (Wildman–Crippen MR) is 188 cm³/mol. The maximum atomic E-state index is 5.25. The fourth-order valence-electron chi connectivity index (χ4n) is 0. The third-order valence-electron chi connectivity index (χ3n) is 0. The van der Waals surface area contributed by atoms with Crippen LogP contribution < -0.4 is 49.1 Å². The second-order valence-corrected chi connectivity index (χ2v) is 0. The van der Waals surface area contributed by atoms with Crippen molar-refractivity contribution in [3.63, 3.8) is 0 Å². The van der Waals surface area contributed by atoms with E-state index in [2.05, 4.69) is 49.1 Å². The molecule has 24 N–H and O–H groups in total. The zero-order chi connectivity index (χ0) is 16.0. The van der Waals surface area contributed by atoms with Gasteiger partial charge in [-0.15, -0.1) is 0 Å². The SMILES string of the molecule is C.C.C.C.C.C.C.C.C.C.C.C.C.C.C.C.C.C.C.C.C.C.[2H]N.[2H]N.[2H]N.[2H]N.[2H]N.[2H]N.[2H]N.[2H]N. The Balaban J connectivity index is -0.000000000635. The Kier molecular flexibility index (Phi) is 2960000. The molecule has 240 valence electrons. The first-order valence-electron chi connectivity index (χ1n) is 4.62. The molecule has 0 saturated heterocycles. The van der Waals surface area contributed by atoms with Crippen LogP contribution in [0.4, 0.5) is 0 Å². The van der Waals surface area contributed by atoms with Crippen molar-refractivity contribution in [2.45, 2.75) is 163 Å². The van der Waals surface area contributed by atoms with Crippen LogP contribution in [0.25, 0.3) is 0 Å². The van der Waals surface area contributed by atoms with Gasteiger partial charge in [-0.2, -0.15) is 0 Å². The van der Waals surface area contributed by atoms with Crippen LogP contribution >= 0.6 is 0 Å². The Bertz CT molecular complexity index is 53.3. The molecule has 0 aromatic carbocycles. The average molecular weight is 497 g/mol. The van der Waals surface area contributed by atoms with Crippen LogP contribution in [0.5, 0.6) is 0 Å². The van der Waals surface area contributed by atoms with Gasteiger partial charge in [0.05, 0.1) is 0 Å². The van der Waals surface area contributed by atoms with Crippen molar-refractivity contribution in [3.05, 3.63) is 0 Å². The molecular formula is C22H112N8. The fraction of sp³-hybridized carbons (Fsp3) is 1.00. The van der Waals surface area contributed by atoms with E-state index in [1.54, 1.807) is 0 Å². The molecule has 8 nitrogen and oxygen atoms in total. The molecule has 0 radical (unpaired) electrons. The van der Waals surface area contributed by atoms with Gasteiger partial charge in [0.1, 0.15) is 11.3 Å². The average Bonchev–Trinajstić information content (AvgIpc) is 2.54. The van der Waals surface area contributed by atoms with Crippen LogP contribution in [0.15, 0.2) is 0 Å². The largest absolute Gasteiger partial charge is 0.344 e. The summed E-state index contributed by atoms with van der Waals surface area (Å²) >= 11 is 0. The fourth-order valence-corrected chi connectivity index (χ4v) is 0. The van der Waals surface area contributed by atoms with Crippen molar-refractivity contribution < 1.29 is 11.3 Å². The maximum Gasteiger partial charge on any atom is 0.115 e. The Morgan fingerprint density at radius 1 is 0.133 bits per heavy atom. The molecule has 0 aliphatic carbocycles. The summed E-state index contributed by atoms with van der Waals surface area (Å²) in [6.45, 7) is 0.